The molecule has 4 nitrogen and oxygen atoms in total. The van der Waals surface area contributed by atoms with Crippen molar-refractivity contribution in [3.05, 3.63) is 112 Å². The summed E-state index contributed by atoms with van der Waals surface area (Å²) in [6.45, 7) is 12.5. The van der Waals surface area contributed by atoms with Crippen molar-refractivity contribution < 1.29 is 19.4 Å². The van der Waals surface area contributed by atoms with Crippen LogP contribution in [0.4, 0.5) is 0 Å². The van der Waals surface area contributed by atoms with Crippen molar-refractivity contribution in [2.75, 3.05) is 6.61 Å². The van der Waals surface area contributed by atoms with E-state index in [9.17, 15) is 9.90 Å². The van der Waals surface area contributed by atoms with Gasteiger partial charge < -0.3 is 14.6 Å². The predicted molar refractivity (Wildman–Crippen MR) is 153 cm³/mol. The molecule has 0 radical (unpaired) electrons. The molecule has 200 valence electrons. The number of hydrogen-bond donors (Lipinski definition) is 1. The molecule has 1 saturated heterocycles. The van der Waals surface area contributed by atoms with Crippen LogP contribution in [0.1, 0.15) is 74.8 Å². The summed E-state index contributed by atoms with van der Waals surface area (Å²) in [6, 6.07) is 24.4. The Kier molecular flexibility index (Phi) is 8.64. The Morgan fingerprint density at radius 3 is 2.45 bits per heavy atom. The van der Waals surface area contributed by atoms with E-state index in [0.29, 0.717) is 10.8 Å². The summed E-state index contributed by atoms with van der Waals surface area (Å²) in [6.07, 6.45) is 1.33. The molecule has 0 bridgehead atoms. The minimum Gasteiger partial charge on any atom is -0.482 e. The predicted octanol–water partition coefficient (Wildman–Crippen LogP) is 8.35. The normalized spacial score (nSPS) is 21.6. The fourth-order valence-electron chi connectivity index (χ4n) is 5.60. The lowest BCUT2D eigenvalue weighted by atomic mass is 9.73. The van der Waals surface area contributed by atoms with E-state index >= 15 is 0 Å². The third kappa shape index (κ3) is 5.98. The zero-order chi connectivity index (χ0) is 27.4. The topological polar surface area (TPSA) is 55.8 Å². The minimum atomic E-state index is -1.02. The summed E-state index contributed by atoms with van der Waals surface area (Å²) in [7, 11) is 0. The third-order valence-corrected chi connectivity index (χ3v) is 8.08. The van der Waals surface area contributed by atoms with Gasteiger partial charge in [0.1, 0.15) is 5.75 Å². The molecule has 0 aromatic heterocycles. The number of aliphatic carboxylic acids is 1. The molecule has 4 atom stereocenters. The lowest BCUT2D eigenvalue weighted by molar-refractivity contribution is -0.139. The molecule has 1 aliphatic heterocycles. The average molecular weight is 533 g/mol. The number of halogens is 1. The van der Waals surface area contributed by atoms with Crippen molar-refractivity contribution in [1.29, 1.82) is 0 Å². The van der Waals surface area contributed by atoms with Gasteiger partial charge in [0.05, 0.1) is 12.2 Å². The van der Waals surface area contributed by atoms with E-state index in [1.54, 1.807) is 0 Å². The summed E-state index contributed by atoms with van der Waals surface area (Å²) in [5.41, 5.74) is 5.07. The van der Waals surface area contributed by atoms with E-state index in [1.165, 1.54) is 5.56 Å². The number of ether oxygens (including phenoxy) is 2. The lowest BCUT2D eigenvalue weighted by Crippen LogP contribution is -2.36. The van der Waals surface area contributed by atoms with Gasteiger partial charge in [0, 0.05) is 27.8 Å². The molecule has 0 unspecified atom stereocenters. The number of carboxylic acids is 1. The van der Waals surface area contributed by atoms with Gasteiger partial charge in [-0.25, -0.2) is 4.79 Å². The molecule has 1 N–H and O–H groups in total. The maximum absolute atomic E-state index is 11.4. The van der Waals surface area contributed by atoms with Gasteiger partial charge in [0.2, 0.25) is 0 Å². The third-order valence-electron chi connectivity index (χ3n) is 7.84. The lowest BCUT2D eigenvalue weighted by Gasteiger charge is -2.43. The van der Waals surface area contributed by atoms with Crippen molar-refractivity contribution in [2.24, 2.45) is 5.92 Å². The molecule has 0 aliphatic carbocycles. The van der Waals surface area contributed by atoms with Gasteiger partial charge in [-0.2, -0.15) is 0 Å². The highest BCUT2D eigenvalue weighted by Crippen LogP contribution is 2.49. The maximum atomic E-state index is 11.4. The van der Waals surface area contributed by atoms with Gasteiger partial charge in [-0.1, -0.05) is 93.1 Å². The second-order valence-corrected chi connectivity index (χ2v) is 11.2. The maximum Gasteiger partial charge on any atom is 0.341 e. The number of carboxylic acid groups (broad SMARTS) is 1. The first-order valence-corrected chi connectivity index (χ1v) is 13.6. The second-order valence-electron chi connectivity index (χ2n) is 10.8. The van der Waals surface area contributed by atoms with Crippen LogP contribution in [-0.2, 0) is 14.9 Å². The van der Waals surface area contributed by atoms with Crippen LogP contribution >= 0.6 is 11.6 Å². The van der Waals surface area contributed by atoms with Crippen LogP contribution in [-0.4, -0.2) is 23.8 Å². The Labute approximate surface area is 231 Å². The van der Waals surface area contributed by atoms with Crippen molar-refractivity contribution in [3.63, 3.8) is 0 Å². The van der Waals surface area contributed by atoms with Gasteiger partial charge in [0.15, 0.2) is 6.61 Å². The first-order chi connectivity index (χ1) is 18.1. The molecule has 0 amide bonds. The highest BCUT2D eigenvalue weighted by Gasteiger charge is 2.41. The summed E-state index contributed by atoms with van der Waals surface area (Å²) in [4.78, 5) is 11.4. The Balaban J connectivity index is 1.79. The molecular weight excluding hydrogens is 496 g/mol. The Morgan fingerprint density at radius 1 is 1.08 bits per heavy atom. The molecule has 1 fully saturated rings. The van der Waals surface area contributed by atoms with E-state index in [1.807, 2.05) is 55.5 Å². The number of hydrogen-bond acceptors (Lipinski definition) is 3. The van der Waals surface area contributed by atoms with Gasteiger partial charge >= 0.3 is 5.97 Å². The van der Waals surface area contributed by atoms with Crippen molar-refractivity contribution in [2.45, 2.75) is 64.1 Å². The van der Waals surface area contributed by atoms with E-state index < -0.39 is 12.6 Å². The second kappa shape index (κ2) is 11.8. The zero-order valence-electron chi connectivity index (χ0n) is 22.6. The fourth-order valence-corrected chi connectivity index (χ4v) is 5.80. The first kappa shape index (κ1) is 27.9. The quantitative estimate of drug-likeness (QED) is 0.281. The largest absolute Gasteiger partial charge is 0.482 e. The summed E-state index contributed by atoms with van der Waals surface area (Å²) in [5.74, 6) is -0.293. The van der Waals surface area contributed by atoms with Crippen LogP contribution < -0.4 is 4.74 Å². The number of rotatable bonds is 9. The molecule has 4 rings (SSSR count). The minimum absolute atomic E-state index is 0.0176. The van der Waals surface area contributed by atoms with E-state index in [-0.39, 0.29) is 29.5 Å². The number of carbonyl (C=O) groups is 1. The van der Waals surface area contributed by atoms with E-state index in [0.717, 1.165) is 35.1 Å². The average Bonchev–Trinajstić information content (AvgIpc) is 2.91. The first-order valence-electron chi connectivity index (χ1n) is 13.2. The Hall–Kier alpha value is -3.08. The molecule has 0 saturated carbocycles. The van der Waals surface area contributed by atoms with Crippen LogP contribution in [0.3, 0.4) is 0 Å². The Morgan fingerprint density at radius 2 is 1.82 bits per heavy atom. The van der Waals surface area contributed by atoms with Crippen molar-refractivity contribution in [3.8, 4) is 5.75 Å². The standard InChI is InChI=1S/C33H37ClO4/c1-6-29-27(22-11-10-14-25(34)17-22)19-26(21(2)3)32(38-29)28-18-24(15-16-30(28)37-20-31(35)36)33(4,5)23-12-8-7-9-13-23/h7-18,26-27,29,32H,2,6,19-20H2,1,3-5H3,(H,35,36)/t26-,27-,29+,32+/m1/s1. The van der Waals surface area contributed by atoms with Gasteiger partial charge in [-0.05, 0) is 60.7 Å². The van der Waals surface area contributed by atoms with E-state index in [2.05, 4.69) is 51.6 Å². The van der Waals surface area contributed by atoms with E-state index in [4.69, 9.17) is 21.1 Å². The molecule has 3 aromatic rings. The van der Waals surface area contributed by atoms with Gasteiger partial charge in [-0.15, -0.1) is 0 Å². The summed E-state index contributed by atoms with van der Waals surface area (Å²) >= 11 is 6.35. The van der Waals surface area contributed by atoms with Gasteiger partial charge in [-0.3, -0.25) is 0 Å². The molecule has 0 spiro atoms. The molecule has 38 heavy (non-hydrogen) atoms. The van der Waals surface area contributed by atoms with Crippen LogP contribution in [0, 0.1) is 5.92 Å². The van der Waals surface area contributed by atoms with Crippen LogP contribution in [0.2, 0.25) is 5.02 Å². The SMILES string of the molecule is C=C(C)[C@H]1C[C@H](c2cccc(Cl)c2)[C@H](CC)O[C@@H]1c1cc(C(C)(C)c2ccccc2)ccc1OCC(=O)O. The Bertz CT molecular complexity index is 1280. The molecule has 3 aromatic carbocycles. The van der Waals surface area contributed by atoms with Crippen LogP contribution in [0.25, 0.3) is 0 Å². The smallest absolute Gasteiger partial charge is 0.341 e. The summed E-state index contributed by atoms with van der Waals surface area (Å²) in [5, 5.41) is 10.0. The monoisotopic (exact) mass is 532 g/mol. The molecule has 1 heterocycles. The molecule has 5 heteroatoms. The van der Waals surface area contributed by atoms with Gasteiger partial charge in [0.25, 0.3) is 0 Å². The highest BCUT2D eigenvalue weighted by molar-refractivity contribution is 6.30. The van der Waals surface area contributed by atoms with Crippen LogP contribution in [0.5, 0.6) is 5.75 Å². The fraction of sp³-hybridized carbons (Fsp3) is 0.364. The van der Waals surface area contributed by atoms with Crippen molar-refractivity contribution in [1.82, 2.24) is 0 Å². The zero-order valence-corrected chi connectivity index (χ0v) is 23.4. The summed E-state index contributed by atoms with van der Waals surface area (Å²) < 4.78 is 12.7. The molecule has 1 aliphatic rings. The highest BCUT2D eigenvalue weighted by atomic mass is 35.5. The van der Waals surface area contributed by atoms with Crippen molar-refractivity contribution >= 4 is 17.6 Å². The van der Waals surface area contributed by atoms with Crippen LogP contribution in [0.15, 0.2) is 84.9 Å². The molecular formula is C33H37ClO4. The number of benzene rings is 3.